The number of rotatable bonds is 7. The quantitative estimate of drug-likeness (QED) is 0.617. The van der Waals surface area contributed by atoms with Gasteiger partial charge in [0.05, 0.1) is 5.69 Å². The first-order valence-electron chi connectivity index (χ1n) is 9.37. The van der Waals surface area contributed by atoms with Gasteiger partial charge in [0.25, 0.3) is 5.91 Å². The van der Waals surface area contributed by atoms with Gasteiger partial charge in [0.15, 0.2) is 0 Å². The van der Waals surface area contributed by atoms with E-state index < -0.39 is 0 Å². The molecule has 0 aliphatic carbocycles. The molecule has 2 amide bonds. The summed E-state index contributed by atoms with van der Waals surface area (Å²) < 4.78 is 0. The van der Waals surface area contributed by atoms with Crippen LogP contribution in [-0.2, 0) is 10.5 Å². The molecule has 0 saturated carbocycles. The number of amides is 2. The number of carbonyl (C=O) groups excluding carboxylic acids is 2. The van der Waals surface area contributed by atoms with Crippen molar-refractivity contribution in [1.82, 2.24) is 5.32 Å². The first-order valence-corrected chi connectivity index (χ1v) is 10.5. The molecule has 0 bridgehead atoms. The van der Waals surface area contributed by atoms with Crippen LogP contribution in [0.25, 0.3) is 10.8 Å². The van der Waals surface area contributed by atoms with Crippen molar-refractivity contribution < 1.29 is 9.59 Å². The van der Waals surface area contributed by atoms with Gasteiger partial charge >= 0.3 is 0 Å². The molecule has 1 aliphatic rings. The molecule has 142 valence electrons. The van der Waals surface area contributed by atoms with Crippen molar-refractivity contribution >= 4 is 40.0 Å². The van der Waals surface area contributed by atoms with Gasteiger partial charge in [0.2, 0.25) is 5.91 Å². The van der Waals surface area contributed by atoms with E-state index in [0.717, 1.165) is 28.0 Å². The summed E-state index contributed by atoms with van der Waals surface area (Å²) in [5, 5.41) is 4.90. The highest BCUT2D eigenvalue weighted by Crippen LogP contribution is 2.36. The number of nitrogens with one attached hydrogen (secondary N) is 1. The maximum Gasteiger partial charge on any atom is 0.259 e. The fraction of sp³-hybridized carbons (Fsp3) is 0.217. The third-order valence-corrected chi connectivity index (χ3v) is 5.90. The molecule has 3 aromatic carbocycles. The molecule has 4 rings (SSSR count). The summed E-state index contributed by atoms with van der Waals surface area (Å²) in [6.07, 6.45) is 0. The van der Waals surface area contributed by atoms with Gasteiger partial charge < -0.3 is 5.32 Å². The Kier molecular flexibility index (Phi) is 5.35. The number of carbonyl (C=O) groups is 2. The lowest BCUT2D eigenvalue weighted by molar-refractivity contribution is -0.119. The Balaban J connectivity index is 1.29. The molecule has 0 spiro atoms. The maximum absolute atomic E-state index is 12.7. The Morgan fingerprint density at radius 2 is 1.86 bits per heavy atom. The molecule has 5 heteroatoms. The number of anilines is 1. The predicted octanol–water partition coefficient (Wildman–Crippen LogP) is 4.16. The van der Waals surface area contributed by atoms with Gasteiger partial charge in [0.1, 0.15) is 6.54 Å². The molecule has 1 heterocycles. The Morgan fingerprint density at radius 3 is 2.68 bits per heavy atom. The van der Waals surface area contributed by atoms with Crippen LogP contribution in [0.4, 0.5) is 5.69 Å². The van der Waals surface area contributed by atoms with Gasteiger partial charge in [-0.2, -0.15) is 11.8 Å². The number of aryl methyl sites for hydroxylation is 1. The summed E-state index contributed by atoms with van der Waals surface area (Å²) in [4.78, 5) is 26.7. The average Bonchev–Trinajstić information content (AvgIpc) is 2.96. The van der Waals surface area contributed by atoms with Crippen molar-refractivity contribution in [2.45, 2.75) is 12.7 Å². The molecule has 1 N–H and O–H groups in total. The van der Waals surface area contributed by atoms with Crippen LogP contribution in [0.15, 0.2) is 60.7 Å². The Hall–Kier alpha value is -2.79. The van der Waals surface area contributed by atoms with E-state index in [0.29, 0.717) is 12.1 Å². The van der Waals surface area contributed by atoms with E-state index in [-0.39, 0.29) is 18.4 Å². The Morgan fingerprint density at radius 1 is 1.07 bits per heavy atom. The monoisotopic (exact) mass is 390 g/mol. The molecule has 1 aliphatic heterocycles. The molecule has 0 saturated heterocycles. The van der Waals surface area contributed by atoms with Crippen LogP contribution in [-0.4, -0.2) is 30.7 Å². The highest BCUT2D eigenvalue weighted by molar-refractivity contribution is 7.98. The second kappa shape index (κ2) is 8.07. The molecule has 0 atom stereocenters. The van der Waals surface area contributed by atoms with E-state index >= 15 is 0 Å². The largest absolute Gasteiger partial charge is 0.354 e. The van der Waals surface area contributed by atoms with Gasteiger partial charge in [-0.25, -0.2) is 0 Å². The first-order chi connectivity index (χ1) is 13.6. The number of hydrogen-bond donors (Lipinski definition) is 1. The molecule has 0 radical (unpaired) electrons. The molecule has 3 aromatic rings. The maximum atomic E-state index is 12.7. The highest BCUT2D eigenvalue weighted by Gasteiger charge is 2.30. The topological polar surface area (TPSA) is 49.4 Å². The minimum atomic E-state index is -0.130. The lowest BCUT2D eigenvalue weighted by Gasteiger charge is -2.17. The molecule has 28 heavy (non-hydrogen) atoms. The number of thioether (sulfide) groups is 1. The van der Waals surface area contributed by atoms with E-state index in [2.05, 4.69) is 36.5 Å². The summed E-state index contributed by atoms with van der Waals surface area (Å²) in [5.74, 6) is 1.54. The second-order valence-electron chi connectivity index (χ2n) is 6.96. The van der Waals surface area contributed by atoms with Crippen molar-refractivity contribution in [2.24, 2.45) is 0 Å². The minimum absolute atomic E-state index is 0.0508. The standard InChI is InChI=1S/C23H22N2O2S/c1-16-5-2-6-17(13-16)15-28-12-11-24-21(26)14-25-20-10-4-8-18-7-3-9-19(22(18)20)23(25)27/h2-10,13H,11-12,14-15H2,1H3,(H,24,26). The van der Waals surface area contributed by atoms with Crippen molar-refractivity contribution in [3.8, 4) is 0 Å². The molecule has 0 aromatic heterocycles. The van der Waals surface area contributed by atoms with Gasteiger partial charge in [-0.1, -0.05) is 54.1 Å². The van der Waals surface area contributed by atoms with Crippen LogP contribution in [0.5, 0.6) is 0 Å². The van der Waals surface area contributed by atoms with Crippen molar-refractivity contribution in [3.63, 3.8) is 0 Å². The number of benzene rings is 3. The lowest BCUT2D eigenvalue weighted by Crippen LogP contribution is -2.39. The number of hydrogen-bond acceptors (Lipinski definition) is 3. The Labute approximate surface area is 168 Å². The second-order valence-corrected chi connectivity index (χ2v) is 8.07. The van der Waals surface area contributed by atoms with Crippen LogP contribution in [0.1, 0.15) is 21.5 Å². The van der Waals surface area contributed by atoms with Crippen LogP contribution in [0.2, 0.25) is 0 Å². The van der Waals surface area contributed by atoms with Crippen molar-refractivity contribution in [3.05, 3.63) is 77.4 Å². The van der Waals surface area contributed by atoms with Crippen LogP contribution in [0, 0.1) is 6.92 Å². The fourth-order valence-corrected chi connectivity index (χ4v) is 4.40. The van der Waals surface area contributed by atoms with Crippen LogP contribution in [0.3, 0.4) is 0 Å². The van der Waals surface area contributed by atoms with Gasteiger partial charge in [-0.05, 0) is 30.0 Å². The van der Waals surface area contributed by atoms with E-state index in [1.54, 1.807) is 16.7 Å². The zero-order valence-corrected chi connectivity index (χ0v) is 16.6. The average molecular weight is 391 g/mol. The fourth-order valence-electron chi connectivity index (χ4n) is 3.59. The summed E-state index contributed by atoms with van der Waals surface area (Å²) in [7, 11) is 0. The van der Waals surface area contributed by atoms with E-state index in [1.807, 2.05) is 36.4 Å². The molecule has 0 unspecified atom stereocenters. The first kappa shape index (κ1) is 18.6. The van der Waals surface area contributed by atoms with E-state index in [4.69, 9.17) is 0 Å². The molecule has 4 nitrogen and oxygen atoms in total. The summed E-state index contributed by atoms with van der Waals surface area (Å²) >= 11 is 1.79. The van der Waals surface area contributed by atoms with Crippen LogP contribution >= 0.6 is 11.8 Å². The van der Waals surface area contributed by atoms with E-state index in [1.165, 1.54) is 11.1 Å². The molecular weight excluding hydrogens is 368 g/mol. The molecular formula is C23H22N2O2S. The lowest BCUT2D eigenvalue weighted by atomic mass is 10.1. The predicted molar refractivity (Wildman–Crippen MR) is 116 cm³/mol. The zero-order chi connectivity index (χ0) is 19.5. The zero-order valence-electron chi connectivity index (χ0n) is 15.8. The SMILES string of the molecule is Cc1cccc(CSCCNC(=O)CN2C(=O)c3cccc4cccc2c34)c1. The van der Waals surface area contributed by atoms with Gasteiger partial charge in [-0.15, -0.1) is 0 Å². The number of nitrogens with zero attached hydrogens (tertiary/aromatic N) is 1. The van der Waals surface area contributed by atoms with Gasteiger partial charge in [-0.3, -0.25) is 14.5 Å². The Bertz CT molecular complexity index is 1040. The van der Waals surface area contributed by atoms with Crippen LogP contribution < -0.4 is 10.2 Å². The highest BCUT2D eigenvalue weighted by atomic mass is 32.2. The summed E-state index contributed by atoms with van der Waals surface area (Å²) in [5.41, 5.74) is 4.05. The summed E-state index contributed by atoms with van der Waals surface area (Å²) in [6, 6.07) is 20.0. The van der Waals surface area contributed by atoms with E-state index in [9.17, 15) is 9.59 Å². The summed E-state index contributed by atoms with van der Waals surface area (Å²) in [6.45, 7) is 2.73. The third-order valence-electron chi connectivity index (χ3n) is 4.87. The van der Waals surface area contributed by atoms with Crippen molar-refractivity contribution in [2.75, 3.05) is 23.7 Å². The minimum Gasteiger partial charge on any atom is -0.354 e. The normalized spacial score (nSPS) is 12.6. The molecule has 0 fully saturated rings. The van der Waals surface area contributed by atoms with Crippen molar-refractivity contribution in [1.29, 1.82) is 0 Å². The van der Waals surface area contributed by atoms with Gasteiger partial charge in [0, 0.05) is 29.0 Å². The third kappa shape index (κ3) is 3.76. The smallest absolute Gasteiger partial charge is 0.259 e.